The van der Waals surface area contributed by atoms with Gasteiger partial charge in [-0.1, -0.05) is 19.3 Å². The Labute approximate surface area is 106 Å². The van der Waals surface area contributed by atoms with Crippen LogP contribution in [0.4, 0.5) is 0 Å². The van der Waals surface area contributed by atoms with Crippen LogP contribution in [0.2, 0.25) is 0 Å². The van der Waals surface area contributed by atoms with Gasteiger partial charge in [-0.15, -0.1) is 0 Å². The Morgan fingerprint density at radius 3 is 2.29 bits per heavy atom. The Bertz CT molecular complexity index is 220. The standard InChI is InChI=1S/C14H28N2O/c1-3-16(4-2)14(17)13(10-11-15)12-8-6-5-7-9-12/h12-13H,3-11,15H2,1-2H3. The fraction of sp³-hybridized carbons (Fsp3) is 0.929. The molecule has 1 atom stereocenters. The molecule has 1 rings (SSSR count). The van der Waals surface area contributed by atoms with Gasteiger partial charge in [0.1, 0.15) is 0 Å². The van der Waals surface area contributed by atoms with E-state index in [-0.39, 0.29) is 5.92 Å². The summed E-state index contributed by atoms with van der Waals surface area (Å²) in [5.74, 6) is 1.10. The summed E-state index contributed by atoms with van der Waals surface area (Å²) in [5, 5.41) is 0. The third-order valence-electron chi connectivity index (χ3n) is 4.09. The molecule has 2 N–H and O–H groups in total. The highest BCUT2D eigenvalue weighted by Gasteiger charge is 2.30. The molecule has 1 unspecified atom stereocenters. The Kier molecular flexibility index (Phi) is 6.56. The zero-order valence-corrected chi connectivity index (χ0v) is 11.5. The molecule has 1 aliphatic carbocycles. The molecule has 1 amide bonds. The average Bonchev–Trinajstić information content (AvgIpc) is 2.38. The first-order chi connectivity index (χ1) is 8.24. The summed E-state index contributed by atoms with van der Waals surface area (Å²) in [7, 11) is 0. The molecular formula is C14H28N2O. The van der Waals surface area contributed by atoms with E-state index in [1.807, 2.05) is 4.90 Å². The fourth-order valence-corrected chi connectivity index (χ4v) is 3.05. The number of carbonyl (C=O) groups is 1. The molecule has 1 fully saturated rings. The zero-order chi connectivity index (χ0) is 12.7. The summed E-state index contributed by atoms with van der Waals surface area (Å²) in [6.45, 7) is 6.39. The van der Waals surface area contributed by atoms with Crippen molar-refractivity contribution in [3.63, 3.8) is 0 Å². The second kappa shape index (κ2) is 7.70. The number of hydrogen-bond acceptors (Lipinski definition) is 2. The lowest BCUT2D eigenvalue weighted by atomic mass is 9.78. The largest absolute Gasteiger partial charge is 0.343 e. The van der Waals surface area contributed by atoms with Crippen LogP contribution in [-0.4, -0.2) is 30.4 Å². The second-order valence-corrected chi connectivity index (χ2v) is 5.09. The summed E-state index contributed by atoms with van der Waals surface area (Å²) in [5.41, 5.74) is 5.69. The van der Waals surface area contributed by atoms with Gasteiger partial charge in [-0.05, 0) is 45.6 Å². The predicted molar refractivity (Wildman–Crippen MR) is 71.7 cm³/mol. The lowest BCUT2D eigenvalue weighted by Gasteiger charge is -2.32. The summed E-state index contributed by atoms with van der Waals surface area (Å²) in [6, 6.07) is 0. The quantitative estimate of drug-likeness (QED) is 0.775. The van der Waals surface area contributed by atoms with Crippen molar-refractivity contribution in [2.75, 3.05) is 19.6 Å². The Morgan fingerprint density at radius 2 is 1.82 bits per heavy atom. The molecule has 1 aliphatic rings. The van der Waals surface area contributed by atoms with Gasteiger partial charge in [-0.3, -0.25) is 4.79 Å². The molecule has 0 saturated heterocycles. The fourth-order valence-electron chi connectivity index (χ4n) is 3.05. The molecule has 0 spiro atoms. The molecular weight excluding hydrogens is 212 g/mol. The third-order valence-corrected chi connectivity index (χ3v) is 4.09. The molecule has 100 valence electrons. The van der Waals surface area contributed by atoms with Crippen molar-refractivity contribution in [1.29, 1.82) is 0 Å². The monoisotopic (exact) mass is 240 g/mol. The number of nitrogens with two attached hydrogens (primary N) is 1. The van der Waals surface area contributed by atoms with Crippen molar-refractivity contribution < 1.29 is 4.79 Å². The van der Waals surface area contributed by atoms with Gasteiger partial charge in [0.2, 0.25) is 5.91 Å². The van der Waals surface area contributed by atoms with E-state index in [1.54, 1.807) is 0 Å². The van der Waals surface area contributed by atoms with Crippen molar-refractivity contribution in [2.45, 2.75) is 52.4 Å². The van der Waals surface area contributed by atoms with E-state index >= 15 is 0 Å². The van der Waals surface area contributed by atoms with Gasteiger partial charge >= 0.3 is 0 Å². The van der Waals surface area contributed by atoms with Gasteiger partial charge in [0.25, 0.3) is 0 Å². The Hall–Kier alpha value is -0.570. The van der Waals surface area contributed by atoms with E-state index in [0.717, 1.165) is 19.5 Å². The normalized spacial score (nSPS) is 19.0. The lowest BCUT2D eigenvalue weighted by Crippen LogP contribution is -2.40. The van der Waals surface area contributed by atoms with Crippen LogP contribution in [0.5, 0.6) is 0 Å². The first-order valence-electron chi connectivity index (χ1n) is 7.23. The summed E-state index contributed by atoms with van der Waals surface area (Å²) < 4.78 is 0. The number of hydrogen-bond donors (Lipinski definition) is 1. The number of nitrogens with zero attached hydrogens (tertiary/aromatic N) is 1. The summed E-state index contributed by atoms with van der Waals surface area (Å²) >= 11 is 0. The Balaban J connectivity index is 2.65. The third kappa shape index (κ3) is 3.98. The molecule has 3 nitrogen and oxygen atoms in total. The minimum Gasteiger partial charge on any atom is -0.343 e. The van der Waals surface area contributed by atoms with Crippen LogP contribution in [0, 0.1) is 11.8 Å². The van der Waals surface area contributed by atoms with E-state index in [9.17, 15) is 4.79 Å². The maximum Gasteiger partial charge on any atom is 0.225 e. The molecule has 17 heavy (non-hydrogen) atoms. The molecule has 3 heteroatoms. The number of rotatable bonds is 6. The molecule has 0 aliphatic heterocycles. The van der Waals surface area contributed by atoms with Crippen LogP contribution < -0.4 is 5.73 Å². The SMILES string of the molecule is CCN(CC)C(=O)C(CCN)C1CCCCC1. The number of amides is 1. The first kappa shape index (κ1) is 14.5. The molecule has 0 aromatic rings. The maximum absolute atomic E-state index is 12.5. The molecule has 0 radical (unpaired) electrons. The minimum absolute atomic E-state index is 0.181. The Morgan fingerprint density at radius 1 is 1.24 bits per heavy atom. The highest BCUT2D eigenvalue weighted by Crippen LogP contribution is 2.32. The molecule has 0 aromatic heterocycles. The van der Waals surface area contributed by atoms with Gasteiger partial charge < -0.3 is 10.6 Å². The highest BCUT2D eigenvalue weighted by atomic mass is 16.2. The zero-order valence-electron chi connectivity index (χ0n) is 11.5. The second-order valence-electron chi connectivity index (χ2n) is 5.09. The van der Waals surface area contributed by atoms with Crippen LogP contribution in [0.3, 0.4) is 0 Å². The highest BCUT2D eigenvalue weighted by molar-refractivity contribution is 5.79. The summed E-state index contributed by atoms with van der Waals surface area (Å²) in [6.07, 6.45) is 7.22. The van der Waals surface area contributed by atoms with Crippen molar-refractivity contribution >= 4 is 5.91 Å². The van der Waals surface area contributed by atoms with Crippen molar-refractivity contribution in [2.24, 2.45) is 17.6 Å². The van der Waals surface area contributed by atoms with E-state index in [0.29, 0.717) is 18.4 Å². The smallest absolute Gasteiger partial charge is 0.225 e. The first-order valence-corrected chi connectivity index (χ1v) is 7.23. The maximum atomic E-state index is 12.5. The van der Waals surface area contributed by atoms with Gasteiger partial charge in [-0.2, -0.15) is 0 Å². The van der Waals surface area contributed by atoms with Crippen LogP contribution >= 0.6 is 0 Å². The van der Waals surface area contributed by atoms with Crippen molar-refractivity contribution in [3.8, 4) is 0 Å². The van der Waals surface area contributed by atoms with Gasteiger partial charge in [0.05, 0.1) is 0 Å². The summed E-state index contributed by atoms with van der Waals surface area (Å²) in [4.78, 5) is 14.4. The van der Waals surface area contributed by atoms with Crippen LogP contribution in [0.15, 0.2) is 0 Å². The van der Waals surface area contributed by atoms with E-state index in [1.165, 1.54) is 32.1 Å². The van der Waals surface area contributed by atoms with Crippen molar-refractivity contribution in [1.82, 2.24) is 4.90 Å². The molecule has 0 heterocycles. The molecule has 1 saturated carbocycles. The van der Waals surface area contributed by atoms with Crippen molar-refractivity contribution in [3.05, 3.63) is 0 Å². The van der Waals surface area contributed by atoms with Gasteiger partial charge in [0.15, 0.2) is 0 Å². The predicted octanol–water partition coefficient (Wildman–Crippen LogP) is 2.40. The topological polar surface area (TPSA) is 46.3 Å². The van der Waals surface area contributed by atoms with E-state index in [2.05, 4.69) is 13.8 Å². The number of carbonyl (C=O) groups excluding carboxylic acids is 1. The van der Waals surface area contributed by atoms with Crippen LogP contribution in [-0.2, 0) is 4.79 Å². The van der Waals surface area contributed by atoms with Gasteiger partial charge in [0, 0.05) is 19.0 Å². The minimum atomic E-state index is 0.181. The molecule has 0 bridgehead atoms. The average molecular weight is 240 g/mol. The van der Waals surface area contributed by atoms with Gasteiger partial charge in [-0.25, -0.2) is 0 Å². The molecule has 0 aromatic carbocycles. The van der Waals surface area contributed by atoms with Crippen LogP contribution in [0.25, 0.3) is 0 Å². The lowest BCUT2D eigenvalue weighted by molar-refractivity contribution is -0.137. The van der Waals surface area contributed by atoms with E-state index in [4.69, 9.17) is 5.73 Å². The van der Waals surface area contributed by atoms with Crippen LogP contribution in [0.1, 0.15) is 52.4 Å². The van der Waals surface area contributed by atoms with E-state index < -0.39 is 0 Å².